The minimum absolute atomic E-state index is 0.00501. The van der Waals surface area contributed by atoms with E-state index in [1.165, 1.54) is 0 Å². The molecule has 0 fully saturated rings. The fraction of sp³-hybridized carbons (Fsp3) is 0.214. The van der Waals surface area contributed by atoms with Crippen LogP contribution in [0.2, 0.25) is 0 Å². The Hall–Kier alpha value is -1.68. The van der Waals surface area contributed by atoms with Crippen molar-refractivity contribution in [1.29, 1.82) is 0 Å². The summed E-state index contributed by atoms with van der Waals surface area (Å²) >= 11 is 1.64. The Kier molecular flexibility index (Phi) is 4.10. The predicted octanol–water partition coefficient (Wildman–Crippen LogP) is 2.63. The van der Waals surface area contributed by atoms with Crippen LogP contribution in [0.1, 0.15) is 5.56 Å². The Balaban J connectivity index is 2.30. The van der Waals surface area contributed by atoms with E-state index in [-0.39, 0.29) is 5.56 Å². The fourth-order valence-electron chi connectivity index (χ4n) is 1.77. The van der Waals surface area contributed by atoms with Crippen LogP contribution in [-0.2, 0) is 6.54 Å². The number of aromatic nitrogens is 1. The lowest BCUT2D eigenvalue weighted by atomic mass is 10.2. The summed E-state index contributed by atoms with van der Waals surface area (Å²) < 4.78 is 7.01. The summed E-state index contributed by atoms with van der Waals surface area (Å²) in [4.78, 5) is 12.7. The van der Waals surface area contributed by atoms with Gasteiger partial charge >= 0.3 is 0 Å². The van der Waals surface area contributed by atoms with E-state index in [9.17, 15) is 4.79 Å². The lowest BCUT2D eigenvalue weighted by molar-refractivity contribution is 0.404. The van der Waals surface area contributed by atoms with E-state index in [0.717, 1.165) is 16.2 Å². The van der Waals surface area contributed by atoms with Gasteiger partial charge in [-0.1, -0.05) is 12.1 Å². The number of thioether (sulfide) groups is 1. The van der Waals surface area contributed by atoms with Gasteiger partial charge in [0.15, 0.2) is 0 Å². The first kappa shape index (κ1) is 12.8. The molecule has 0 aliphatic carbocycles. The summed E-state index contributed by atoms with van der Waals surface area (Å²) in [6, 6.07) is 11.2. The molecule has 0 N–H and O–H groups in total. The number of ether oxygens (including phenoxy) is 1. The normalized spacial score (nSPS) is 10.3. The minimum Gasteiger partial charge on any atom is -0.496 e. The molecule has 2 aromatic rings. The highest BCUT2D eigenvalue weighted by atomic mass is 32.2. The molecule has 1 aromatic heterocycles. The van der Waals surface area contributed by atoms with E-state index in [1.54, 1.807) is 41.8 Å². The molecule has 4 heteroatoms. The molecule has 0 saturated heterocycles. The molecular weight excluding hydrogens is 246 g/mol. The van der Waals surface area contributed by atoms with Gasteiger partial charge in [-0.3, -0.25) is 4.79 Å². The third kappa shape index (κ3) is 2.76. The molecule has 0 saturated carbocycles. The molecule has 2 rings (SSSR count). The van der Waals surface area contributed by atoms with Crippen LogP contribution >= 0.6 is 11.8 Å². The number of rotatable bonds is 4. The Bertz CT molecular complexity index is 592. The standard InChI is InChI=1S/C14H15NO2S/c1-17-12-9-11(6-7-13(12)18-2)10-15-8-4-3-5-14(15)16/h3-9H,10H2,1-2H3. The van der Waals surface area contributed by atoms with Gasteiger partial charge in [-0.25, -0.2) is 0 Å². The summed E-state index contributed by atoms with van der Waals surface area (Å²) in [6.45, 7) is 0.560. The third-order valence-corrected chi connectivity index (χ3v) is 3.48. The summed E-state index contributed by atoms with van der Waals surface area (Å²) in [7, 11) is 1.66. The number of methoxy groups -OCH3 is 1. The van der Waals surface area contributed by atoms with Crippen LogP contribution in [0.5, 0.6) is 5.75 Å². The number of pyridine rings is 1. The first-order chi connectivity index (χ1) is 8.74. The van der Waals surface area contributed by atoms with Gasteiger partial charge in [0.1, 0.15) is 5.75 Å². The molecule has 0 atom stereocenters. The molecule has 0 bridgehead atoms. The third-order valence-electron chi connectivity index (χ3n) is 2.70. The second kappa shape index (κ2) is 5.78. The lowest BCUT2D eigenvalue weighted by Gasteiger charge is -2.10. The van der Waals surface area contributed by atoms with Crippen molar-refractivity contribution in [2.75, 3.05) is 13.4 Å². The molecule has 18 heavy (non-hydrogen) atoms. The average molecular weight is 261 g/mol. The largest absolute Gasteiger partial charge is 0.496 e. The van der Waals surface area contributed by atoms with Crippen molar-refractivity contribution in [3.8, 4) is 5.75 Å². The first-order valence-corrected chi connectivity index (χ1v) is 6.83. The summed E-state index contributed by atoms with van der Waals surface area (Å²) in [5, 5.41) is 0. The Morgan fingerprint density at radius 1 is 1.28 bits per heavy atom. The van der Waals surface area contributed by atoms with Gasteiger partial charge in [-0.2, -0.15) is 0 Å². The molecule has 94 valence electrons. The molecule has 0 amide bonds. The van der Waals surface area contributed by atoms with Gasteiger partial charge in [0, 0.05) is 17.2 Å². The lowest BCUT2D eigenvalue weighted by Crippen LogP contribution is -2.18. The van der Waals surface area contributed by atoms with Gasteiger partial charge in [0.2, 0.25) is 0 Å². The summed E-state index contributed by atoms with van der Waals surface area (Å²) in [6.07, 6.45) is 3.80. The van der Waals surface area contributed by atoms with Crippen molar-refractivity contribution in [1.82, 2.24) is 4.57 Å². The van der Waals surface area contributed by atoms with Gasteiger partial charge in [-0.05, 0) is 30.0 Å². The SMILES string of the molecule is COc1cc(Cn2ccccc2=O)ccc1SC. The maximum atomic E-state index is 11.6. The van der Waals surface area contributed by atoms with Crippen molar-refractivity contribution >= 4 is 11.8 Å². The molecule has 0 unspecified atom stereocenters. The first-order valence-electron chi connectivity index (χ1n) is 5.61. The second-order valence-electron chi connectivity index (χ2n) is 3.86. The van der Waals surface area contributed by atoms with Crippen LogP contribution in [0.15, 0.2) is 52.3 Å². The van der Waals surface area contributed by atoms with Gasteiger partial charge in [0.05, 0.1) is 13.7 Å². The van der Waals surface area contributed by atoms with E-state index < -0.39 is 0 Å². The van der Waals surface area contributed by atoms with Crippen LogP contribution in [0, 0.1) is 0 Å². The van der Waals surface area contributed by atoms with Crippen LogP contribution in [0.25, 0.3) is 0 Å². The van der Waals surface area contributed by atoms with Crippen LogP contribution < -0.4 is 10.3 Å². The fourth-order valence-corrected chi connectivity index (χ4v) is 2.31. The molecule has 0 aliphatic rings. The van der Waals surface area contributed by atoms with Crippen LogP contribution in [-0.4, -0.2) is 17.9 Å². The number of nitrogens with zero attached hydrogens (tertiary/aromatic N) is 1. The maximum absolute atomic E-state index is 11.6. The zero-order valence-corrected chi connectivity index (χ0v) is 11.2. The van der Waals surface area contributed by atoms with Crippen LogP contribution in [0.3, 0.4) is 0 Å². The van der Waals surface area contributed by atoms with Crippen molar-refractivity contribution in [3.05, 3.63) is 58.5 Å². The van der Waals surface area contributed by atoms with Crippen LogP contribution in [0.4, 0.5) is 0 Å². The van der Waals surface area contributed by atoms with Gasteiger partial charge in [-0.15, -0.1) is 11.8 Å². The van der Waals surface area contributed by atoms with E-state index >= 15 is 0 Å². The van der Waals surface area contributed by atoms with E-state index in [0.29, 0.717) is 6.54 Å². The average Bonchev–Trinajstić information content (AvgIpc) is 2.41. The van der Waals surface area contributed by atoms with Gasteiger partial charge in [0.25, 0.3) is 5.56 Å². The minimum atomic E-state index is 0.00501. The highest BCUT2D eigenvalue weighted by Crippen LogP contribution is 2.28. The Morgan fingerprint density at radius 3 is 2.78 bits per heavy atom. The van der Waals surface area contributed by atoms with E-state index in [4.69, 9.17) is 4.74 Å². The predicted molar refractivity (Wildman–Crippen MR) is 74.6 cm³/mol. The Morgan fingerprint density at radius 2 is 2.11 bits per heavy atom. The highest BCUT2D eigenvalue weighted by Gasteiger charge is 2.04. The number of hydrogen-bond acceptors (Lipinski definition) is 3. The van der Waals surface area contributed by atoms with Crippen molar-refractivity contribution < 1.29 is 4.74 Å². The van der Waals surface area contributed by atoms with E-state index in [1.807, 2.05) is 30.5 Å². The summed E-state index contributed by atoms with van der Waals surface area (Å²) in [5.74, 6) is 0.851. The summed E-state index contributed by atoms with van der Waals surface area (Å²) in [5.41, 5.74) is 1.06. The molecule has 1 heterocycles. The zero-order chi connectivity index (χ0) is 13.0. The molecule has 0 aliphatic heterocycles. The monoisotopic (exact) mass is 261 g/mol. The quantitative estimate of drug-likeness (QED) is 0.793. The second-order valence-corrected chi connectivity index (χ2v) is 4.70. The van der Waals surface area contributed by atoms with Crippen molar-refractivity contribution in [2.45, 2.75) is 11.4 Å². The topological polar surface area (TPSA) is 31.2 Å². The number of hydrogen-bond donors (Lipinski definition) is 0. The van der Waals surface area contributed by atoms with Crippen molar-refractivity contribution in [3.63, 3.8) is 0 Å². The van der Waals surface area contributed by atoms with Crippen molar-refractivity contribution in [2.24, 2.45) is 0 Å². The zero-order valence-electron chi connectivity index (χ0n) is 10.4. The molecule has 1 aromatic carbocycles. The smallest absolute Gasteiger partial charge is 0.250 e. The van der Waals surface area contributed by atoms with E-state index in [2.05, 4.69) is 0 Å². The molecule has 0 spiro atoms. The number of benzene rings is 1. The maximum Gasteiger partial charge on any atom is 0.250 e. The molecule has 0 radical (unpaired) electrons. The van der Waals surface area contributed by atoms with Gasteiger partial charge < -0.3 is 9.30 Å². The highest BCUT2D eigenvalue weighted by molar-refractivity contribution is 7.98. The molecular formula is C14H15NO2S. The Labute approximate surface area is 110 Å². The molecule has 3 nitrogen and oxygen atoms in total.